The summed E-state index contributed by atoms with van der Waals surface area (Å²) in [5.74, 6) is -0.602. The fourth-order valence-corrected chi connectivity index (χ4v) is 0.869. The van der Waals surface area contributed by atoms with E-state index in [1.54, 1.807) is 0 Å². The number of carbonyl (C=O) groups is 1. The number of nitrogens with zero attached hydrogens (tertiary/aromatic N) is 2. The number of alkyl halides is 2. The Hall–Kier alpha value is -1.77. The number of halogens is 2. The van der Waals surface area contributed by atoms with Gasteiger partial charge in [0.1, 0.15) is 6.61 Å². The number of nitrogen functional groups attached to an aromatic ring is 1. The highest BCUT2D eigenvalue weighted by Gasteiger charge is 2.09. The van der Waals surface area contributed by atoms with E-state index in [0.29, 0.717) is 0 Å². The lowest BCUT2D eigenvalue weighted by atomic mass is 10.5. The molecule has 0 aliphatic rings. The highest BCUT2D eigenvalue weighted by molar-refractivity contribution is 5.90. The van der Waals surface area contributed by atoms with E-state index in [4.69, 9.17) is 5.73 Å². The molecule has 0 aliphatic heterocycles. The van der Waals surface area contributed by atoms with Crippen molar-refractivity contribution >= 4 is 11.9 Å². The van der Waals surface area contributed by atoms with Crippen LogP contribution in [0.3, 0.4) is 0 Å². The molecular weight excluding hydrogens is 224 g/mol. The van der Waals surface area contributed by atoms with Crippen molar-refractivity contribution in [1.29, 1.82) is 0 Å². The number of aromatic amines is 1. The van der Waals surface area contributed by atoms with Crippen molar-refractivity contribution in [2.24, 2.45) is 0 Å². The zero-order valence-corrected chi connectivity index (χ0v) is 8.24. The van der Waals surface area contributed by atoms with Gasteiger partial charge in [-0.3, -0.25) is 9.89 Å². The maximum absolute atomic E-state index is 11.6. The number of nitrogens with one attached hydrogen (secondary N) is 2. The zero-order valence-electron chi connectivity index (χ0n) is 8.24. The number of amides is 1. The summed E-state index contributed by atoms with van der Waals surface area (Å²) in [5.41, 5.74) is 5.18. The highest BCUT2D eigenvalue weighted by Crippen LogP contribution is 1.93. The first kappa shape index (κ1) is 12.3. The van der Waals surface area contributed by atoms with Crippen LogP contribution in [0.1, 0.15) is 10.6 Å². The molecule has 1 aromatic rings. The molecule has 7 nitrogen and oxygen atoms in total. The molecule has 0 spiro atoms. The molecule has 0 saturated heterocycles. The van der Waals surface area contributed by atoms with Gasteiger partial charge in [0.05, 0.1) is 6.61 Å². The third-order valence-electron chi connectivity index (χ3n) is 1.49. The second-order valence-corrected chi connectivity index (χ2v) is 2.76. The molecule has 0 aliphatic carbocycles. The number of hydrogen-bond donors (Lipinski definition) is 3. The van der Waals surface area contributed by atoms with E-state index < -0.39 is 18.9 Å². The Labute approximate surface area is 89.4 Å². The first-order valence-electron chi connectivity index (χ1n) is 4.41. The average molecular weight is 235 g/mol. The van der Waals surface area contributed by atoms with Crippen molar-refractivity contribution in [2.45, 2.75) is 6.43 Å². The summed E-state index contributed by atoms with van der Waals surface area (Å²) < 4.78 is 27.8. The van der Waals surface area contributed by atoms with E-state index in [0.717, 1.165) is 0 Å². The number of H-pyrrole nitrogens is 1. The SMILES string of the molecule is Nc1n[nH]c(C(=O)NCCOCC(F)F)n1. The van der Waals surface area contributed by atoms with Gasteiger partial charge in [-0.25, -0.2) is 8.78 Å². The largest absolute Gasteiger partial charge is 0.374 e. The van der Waals surface area contributed by atoms with Crippen molar-refractivity contribution < 1.29 is 18.3 Å². The Balaban J connectivity index is 2.16. The molecular formula is C7H11F2N5O2. The van der Waals surface area contributed by atoms with Crippen LogP contribution in [0.4, 0.5) is 14.7 Å². The van der Waals surface area contributed by atoms with Crippen molar-refractivity contribution in [3.8, 4) is 0 Å². The Morgan fingerprint density at radius 3 is 2.94 bits per heavy atom. The van der Waals surface area contributed by atoms with Gasteiger partial charge in [-0.1, -0.05) is 0 Å². The molecule has 1 heterocycles. The van der Waals surface area contributed by atoms with Crippen LogP contribution < -0.4 is 11.1 Å². The molecule has 0 bridgehead atoms. The lowest BCUT2D eigenvalue weighted by Gasteiger charge is -2.04. The molecule has 90 valence electrons. The molecule has 0 atom stereocenters. The highest BCUT2D eigenvalue weighted by atomic mass is 19.3. The zero-order chi connectivity index (χ0) is 12.0. The standard InChI is InChI=1S/C7H11F2N5O2/c8-4(9)3-16-2-1-11-6(15)5-12-7(10)14-13-5/h4H,1-3H2,(H,11,15)(H3,10,12,13,14). The van der Waals surface area contributed by atoms with Crippen molar-refractivity contribution in [3.63, 3.8) is 0 Å². The van der Waals surface area contributed by atoms with E-state index in [2.05, 4.69) is 25.2 Å². The third kappa shape index (κ3) is 4.17. The predicted molar refractivity (Wildman–Crippen MR) is 50.0 cm³/mol. The predicted octanol–water partition coefficient (Wildman–Crippen LogP) is -0.602. The second-order valence-electron chi connectivity index (χ2n) is 2.76. The Morgan fingerprint density at radius 1 is 1.62 bits per heavy atom. The summed E-state index contributed by atoms with van der Waals surface area (Å²) in [5, 5.41) is 8.15. The number of ether oxygens (including phenoxy) is 1. The maximum atomic E-state index is 11.6. The Morgan fingerprint density at radius 2 is 2.38 bits per heavy atom. The van der Waals surface area contributed by atoms with Gasteiger partial charge >= 0.3 is 0 Å². The van der Waals surface area contributed by atoms with Gasteiger partial charge in [0.15, 0.2) is 0 Å². The molecule has 1 aromatic heterocycles. The summed E-state index contributed by atoms with van der Waals surface area (Å²) in [6.07, 6.45) is -2.51. The van der Waals surface area contributed by atoms with Crippen LogP contribution in [0.2, 0.25) is 0 Å². The minimum Gasteiger partial charge on any atom is -0.374 e. The molecule has 0 saturated carbocycles. The second kappa shape index (κ2) is 5.95. The fraction of sp³-hybridized carbons (Fsp3) is 0.571. The van der Waals surface area contributed by atoms with Gasteiger partial charge in [0, 0.05) is 6.54 Å². The van der Waals surface area contributed by atoms with E-state index >= 15 is 0 Å². The van der Waals surface area contributed by atoms with Crippen LogP contribution in [0.25, 0.3) is 0 Å². The molecule has 0 unspecified atom stereocenters. The van der Waals surface area contributed by atoms with Crippen molar-refractivity contribution in [2.75, 3.05) is 25.5 Å². The Bertz CT molecular complexity index is 343. The number of anilines is 1. The van der Waals surface area contributed by atoms with Crippen LogP contribution in [0, 0.1) is 0 Å². The van der Waals surface area contributed by atoms with E-state index in [1.165, 1.54) is 0 Å². The normalized spacial score (nSPS) is 10.7. The van der Waals surface area contributed by atoms with Crippen LogP contribution in [0.5, 0.6) is 0 Å². The maximum Gasteiger partial charge on any atom is 0.288 e. The number of rotatable bonds is 6. The van der Waals surface area contributed by atoms with E-state index in [1.807, 2.05) is 0 Å². The molecule has 9 heteroatoms. The molecule has 16 heavy (non-hydrogen) atoms. The van der Waals surface area contributed by atoms with Crippen molar-refractivity contribution in [1.82, 2.24) is 20.5 Å². The van der Waals surface area contributed by atoms with Crippen molar-refractivity contribution in [3.05, 3.63) is 5.82 Å². The number of aromatic nitrogens is 3. The summed E-state index contributed by atoms with van der Waals surface area (Å²) in [7, 11) is 0. The van der Waals surface area contributed by atoms with Gasteiger partial charge in [0.2, 0.25) is 11.8 Å². The van der Waals surface area contributed by atoms with Crippen LogP contribution in [0.15, 0.2) is 0 Å². The first-order valence-corrected chi connectivity index (χ1v) is 4.41. The number of carbonyl (C=O) groups excluding carboxylic acids is 1. The van der Waals surface area contributed by atoms with Crippen LogP contribution in [-0.2, 0) is 4.74 Å². The lowest BCUT2D eigenvalue weighted by molar-refractivity contribution is 0.0188. The smallest absolute Gasteiger partial charge is 0.288 e. The van der Waals surface area contributed by atoms with Gasteiger partial charge < -0.3 is 15.8 Å². The molecule has 1 amide bonds. The van der Waals surface area contributed by atoms with Gasteiger partial charge in [0.25, 0.3) is 12.3 Å². The van der Waals surface area contributed by atoms with Gasteiger partial charge in [-0.05, 0) is 0 Å². The monoisotopic (exact) mass is 235 g/mol. The lowest BCUT2D eigenvalue weighted by Crippen LogP contribution is -2.28. The number of nitrogens with two attached hydrogens (primary N) is 1. The summed E-state index contributed by atoms with van der Waals surface area (Å²) in [4.78, 5) is 14.8. The molecule has 1 rings (SSSR count). The number of hydrogen-bond acceptors (Lipinski definition) is 5. The Kier molecular flexibility index (Phi) is 4.58. The first-order chi connectivity index (χ1) is 7.59. The molecule has 0 aromatic carbocycles. The molecule has 0 radical (unpaired) electrons. The molecule has 4 N–H and O–H groups in total. The topological polar surface area (TPSA) is 106 Å². The van der Waals surface area contributed by atoms with Gasteiger partial charge in [-0.2, -0.15) is 4.98 Å². The minimum atomic E-state index is -2.51. The van der Waals surface area contributed by atoms with Crippen LogP contribution in [-0.4, -0.2) is 47.3 Å². The molecule has 0 fully saturated rings. The summed E-state index contributed by atoms with van der Waals surface area (Å²) in [6, 6.07) is 0. The van der Waals surface area contributed by atoms with Gasteiger partial charge in [-0.15, -0.1) is 5.10 Å². The minimum absolute atomic E-state index is 0.000298. The van der Waals surface area contributed by atoms with Crippen LogP contribution >= 0.6 is 0 Å². The van der Waals surface area contributed by atoms with E-state index in [-0.39, 0.29) is 24.9 Å². The summed E-state index contributed by atoms with van der Waals surface area (Å²) in [6.45, 7) is -0.545. The fourth-order valence-electron chi connectivity index (χ4n) is 0.869. The third-order valence-corrected chi connectivity index (χ3v) is 1.49. The average Bonchev–Trinajstić information content (AvgIpc) is 2.63. The quantitative estimate of drug-likeness (QED) is 0.571. The van der Waals surface area contributed by atoms with E-state index in [9.17, 15) is 13.6 Å². The summed E-state index contributed by atoms with van der Waals surface area (Å²) >= 11 is 0.